The number of hydrogen-bond acceptors (Lipinski definition) is 3. The summed E-state index contributed by atoms with van der Waals surface area (Å²) in [6.45, 7) is 5.23. The van der Waals surface area contributed by atoms with Crippen molar-refractivity contribution in [2.24, 2.45) is 4.99 Å². The highest BCUT2D eigenvalue weighted by Crippen LogP contribution is 2.14. The topological polar surface area (TPSA) is 35.8 Å². The summed E-state index contributed by atoms with van der Waals surface area (Å²) in [5.41, 5.74) is 0. The number of aliphatic imine (C=N–C) groups is 1. The number of aliphatic hydroxyl groups excluding tert-OH is 1. The lowest BCUT2D eigenvalue weighted by Crippen LogP contribution is -2.30. The maximum absolute atomic E-state index is 9.05. The molecule has 1 aliphatic rings. The molecule has 1 aliphatic heterocycles. The second-order valence-corrected chi connectivity index (χ2v) is 7.71. The Bertz CT molecular complexity index is 323. The van der Waals surface area contributed by atoms with Crippen LogP contribution in [0.2, 0.25) is 0 Å². The highest BCUT2D eigenvalue weighted by molar-refractivity contribution is 5.85. The number of rotatable bonds is 18. The molecule has 0 radical (unpaired) electrons. The van der Waals surface area contributed by atoms with Crippen LogP contribution >= 0.6 is 12.4 Å². The van der Waals surface area contributed by atoms with Crippen molar-refractivity contribution in [2.75, 3.05) is 26.2 Å². The van der Waals surface area contributed by atoms with Gasteiger partial charge in [-0.1, -0.05) is 96.8 Å². The van der Waals surface area contributed by atoms with Crippen molar-refractivity contribution in [3.05, 3.63) is 0 Å². The number of unbranched alkanes of at least 4 members (excludes halogenated alkanes) is 14. The highest BCUT2D eigenvalue weighted by atomic mass is 35.5. The summed E-state index contributed by atoms with van der Waals surface area (Å²) in [6.07, 6.45) is 22.3. The molecule has 1 N–H and O–H groups in total. The lowest BCUT2D eigenvalue weighted by molar-refractivity contribution is 0.255. The zero-order valence-electron chi connectivity index (χ0n) is 17.4. The summed E-state index contributed by atoms with van der Waals surface area (Å²) in [5.74, 6) is 1.24. The molecule has 0 bridgehead atoms. The predicted molar refractivity (Wildman–Crippen MR) is 118 cm³/mol. The summed E-state index contributed by atoms with van der Waals surface area (Å²) < 4.78 is 0. The molecule has 0 aromatic rings. The Kier molecular flexibility index (Phi) is 19.3. The van der Waals surface area contributed by atoms with Crippen molar-refractivity contribution in [2.45, 2.75) is 110 Å². The van der Waals surface area contributed by atoms with Gasteiger partial charge in [0.05, 0.1) is 19.0 Å². The van der Waals surface area contributed by atoms with E-state index in [9.17, 15) is 0 Å². The average Bonchev–Trinajstić information content (AvgIpc) is 3.06. The normalized spacial score (nSPS) is 13.8. The van der Waals surface area contributed by atoms with Gasteiger partial charge in [0.1, 0.15) is 0 Å². The molecule has 0 amide bonds. The smallest absolute Gasteiger partial charge is 0.0991 e. The molecule has 0 aromatic carbocycles. The average molecular weight is 389 g/mol. The van der Waals surface area contributed by atoms with Crippen LogP contribution in [0.1, 0.15) is 110 Å². The zero-order chi connectivity index (χ0) is 18.0. The third-order valence-electron chi connectivity index (χ3n) is 5.40. The van der Waals surface area contributed by atoms with Crippen LogP contribution in [0.15, 0.2) is 4.99 Å². The molecule has 156 valence electrons. The number of nitrogens with zero attached hydrogens (tertiary/aromatic N) is 2. The molecule has 0 unspecified atom stereocenters. The van der Waals surface area contributed by atoms with Gasteiger partial charge in [0.25, 0.3) is 0 Å². The summed E-state index contributed by atoms with van der Waals surface area (Å²) in [5, 5.41) is 9.05. The molecule has 3 nitrogen and oxygen atoms in total. The molecule has 0 saturated heterocycles. The van der Waals surface area contributed by atoms with Gasteiger partial charge in [-0.05, 0) is 6.42 Å². The molecule has 0 aliphatic carbocycles. The Labute approximate surface area is 169 Å². The van der Waals surface area contributed by atoms with E-state index in [-0.39, 0.29) is 19.0 Å². The van der Waals surface area contributed by atoms with Crippen LogP contribution < -0.4 is 0 Å². The Morgan fingerprint density at radius 2 is 1.23 bits per heavy atom. The molecule has 4 heteroatoms. The van der Waals surface area contributed by atoms with Crippen LogP contribution in [-0.4, -0.2) is 42.1 Å². The number of β-amino-alcohol motifs (C(OH)–C–C–N with tert-alkyl or cyclic N) is 1. The Hall–Kier alpha value is -0.280. The third kappa shape index (κ3) is 13.9. The van der Waals surface area contributed by atoms with Crippen LogP contribution in [0, 0.1) is 0 Å². The van der Waals surface area contributed by atoms with Gasteiger partial charge in [-0.25, -0.2) is 0 Å². The van der Waals surface area contributed by atoms with Crippen LogP contribution in [0.5, 0.6) is 0 Å². The van der Waals surface area contributed by atoms with Crippen molar-refractivity contribution < 1.29 is 5.11 Å². The van der Waals surface area contributed by atoms with Gasteiger partial charge in [-0.2, -0.15) is 0 Å². The fourth-order valence-electron chi connectivity index (χ4n) is 3.78. The van der Waals surface area contributed by atoms with Gasteiger partial charge >= 0.3 is 0 Å². The maximum Gasteiger partial charge on any atom is 0.0991 e. The van der Waals surface area contributed by atoms with Crippen molar-refractivity contribution in [1.29, 1.82) is 0 Å². The second kappa shape index (κ2) is 19.5. The first-order valence-electron chi connectivity index (χ1n) is 11.3. The second-order valence-electron chi connectivity index (χ2n) is 7.71. The molecule has 1 heterocycles. The summed E-state index contributed by atoms with van der Waals surface area (Å²) in [7, 11) is 0. The Morgan fingerprint density at radius 1 is 0.769 bits per heavy atom. The Balaban J connectivity index is 0.00000625. The van der Waals surface area contributed by atoms with E-state index in [1.165, 1.54) is 102 Å². The van der Waals surface area contributed by atoms with E-state index in [2.05, 4.69) is 16.8 Å². The monoisotopic (exact) mass is 388 g/mol. The van der Waals surface area contributed by atoms with Gasteiger partial charge in [-0.3, -0.25) is 4.99 Å². The van der Waals surface area contributed by atoms with Gasteiger partial charge < -0.3 is 10.0 Å². The summed E-state index contributed by atoms with van der Waals surface area (Å²) >= 11 is 0. The number of hydrogen-bond donors (Lipinski definition) is 1. The van der Waals surface area contributed by atoms with E-state index in [1.807, 2.05) is 0 Å². The minimum absolute atomic E-state index is 0. The SMILES string of the molecule is CCCCCCCCCCCCCCCCCC1=NCCN1CCO.Cl. The lowest BCUT2D eigenvalue weighted by Gasteiger charge is -2.18. The highest BCUT2D eigenvalue weighted by Gasteiger charge is 2.14. The third-order valence-corrected chi connectivity index (χ3v) is 5.40. The molecular formula is C22H45ClN2O. The van der Waals surface area contributed by atoms with Crippen LogP contribution in [0.4, 0.5) is 0 Å². The number of amidine groups is 1. The molecule has 1 rings (SSSR count). The van der Waals surface area contributed by atoms with Gasteiger partial charge in [0.15, 0.2) is 0 Å². The standard InChI is InChI=1S/C22H44N2O.ClH/c1-2-3-4-5-6-7-8-9-10-11-12-13-14-15-16-17-22-23-18-19-24(22)20-21-25;/h25H,2-21H2,1H3;1H. The molecule has 0 fully saturated rings. The largest absolute Gasteiger partial charge is 0.395 e. The lowest BCUT2D eigenvalue weighted by atomic mass is 10.0. The quantitative estimate of drug-likeness (QED) is 0.276. The molecular weight excluding hydrogens is 344 g/mol. The van der Waals surface area contributed by atoms with Gasteiger partial charge in [0, 0.05) is 19.5 Å². The zero-order valence-corrected chi connectivity index (χ0v) is 18.2. The van der Waals surface area contributed by atoms with Gasteiger partial charge in [0.2, 0.25) is 0 Å². The molecule has 0 saturated carbocycles. The maximum atomic E-state index is 9.05. The van der Waals surface area contributed by atoms with E-state index in [4.69, 9.17) is 5.11 Å². The first-order valence-corrected chi connectivity index (χ1v) is 11.3. The minimum atomic E-state index is 0. The Morgan fingerprint density at radius 3 is 1.69 bits per heavy atom. The minimum Gasteiger partial charge on any atom is -0.395 e. The summed E-state index contributed by atoms with van der Waals surface area (Å²) in [4.78, 5) is 6.82. The van der Waals surface area contributed by atoms with Crippen LogP contribution in [-0.2, 0) is 0 Å². The van der Waals surface area contributed by atoms with E-state index in [0.717, 1.165) is 26.1 Å². The van der Waals surface area contributed by atoms with E-state index in [0.29, 0.717) is 0 Å². The molecule has 0 atom stereocenters. The fourth-order valence-corrected chi connectivity index (χ4v) is 3.78. The molecule has 0 aromatic heterocycles. The fraction of sp³-hybridized carbons (Fsp3) is 0.955. The van der Waals surface area contributed by atoms with Crippen molar-refractivity contribution in [3.63, 3.8) is 0 Å². The summed E-state index contributed by atoms with van der Waals surface area (Å²) in [6, 6.07) is 0. The van der Waals surface area contributed by atoms with E-state index >= 15 is 0 Å². The van der Waals surface area contributed by atoms with Crippen LogP contribution in [0.3, 0.4) is 0 Å². The first kappa shape index (κ1) is 25.7. The molecule has 26 heavy (non-hydrogen) atoms. The predicted octanol–water partition coefficient (Wildman–Crippen LogP) is 6.38. The van der Waals surface area contributed by atoms with Crippen molar-refractivity contribution >= 4 is 18.2 Å². The van der Waals surface area contributed by atoms with Crippen molar-refractivity contribution in [1.82, 2.24) is 4.90 Å². The number of halogens is 1. The van der Waals surface area contributed by atoms with E-state index < -0.39 is 0 Å². The van der Waals surface area contributed by atoms with Crippen LogP contribution in [0.25, 0.3) is 0 Å². The van der Waals surface area contributed by atoms with Crippen molar-refractivity contribution in [3.8, 4) is 0 Å². The van der Waals surface area contributed by atoms with E-state index in [1.54, 1.807) is 0 Å². The number of aliphatic hydroxyl groups is 1. The first-order chi connectivity index (χ1) is 12.4. The molecule has 0 spiro atoms. The van der Waals surface area contributed by atoms with Gasteiger partial charge in [-0.15, -0.1) is 12.4 Å².